The van der Waals surface area contributed by atoms with Crippen molar-refractivity contribution < 1.29 is 4.52 Å². The van der Waals surface area contributed by atoms with Gasteiger partial charge in [0, 0.05) is 17.4 Å². The number of aryl methyl sites for hydroxylation is 1. The van der Waals surface area contributed by atoms with E-state index in [1.807, 2.05) is 7.05 Å². The van der Waals surface area contributed by atoms with E-state index in [0.29, 0.717) is 17.7 Å². The quantitative estimate of drug-likeness (QED) is 0.830. The minimum absolute atomic E-state index is 0. The Morgan fingerprint density at radius 1 is 1.30 bits per heavy atom. The minimum Gasteiger partial charge on any atom is -0.338 e. The van der Waals surface area contributed by atoms with Crippen molar-refractivity contribution in [3.8, 4) is 0 Å². The van der Waals surface area contributed by atoms with E-state index in [-0.39, 0.29) is 12.4 Å². The summed E-state index contributed by atoms with van der Waals surface area (Å²) in [6.07, 6.45) is 0.787. The van der Waals surface area contributed by atoms with E-state index in [2.05, 4.69) is 53.6 Å². The highest BCUT2D eigenvalue weighted by Gasteiger charge is 2.09. The van der Waals surface area contributed by atoms with Crippen LogP contribution >= 0.6 is 24.2 Å². The van der Waals surface area contributed by atoms with Crippen molar-refractivity contribution in [3.63, 3.8) is 0 Å². The highest BCUT2D eigenvalue weighted by Crippen LogP contribution is 2.22. The Hall–Kier alpha value is -1.04. The molecule has 1 aromatic heterocycles. The second-order valence-electron chi connectivity index (χ2n) is 4.60. The summed E-state index contributed by atoms with van der Waals surface area (Å²) in [5.74, 6) is 2.16. The van der Waals surface area contributed by atoms with Gasteiger partial charge in [-0.05, 0) is 33.0 Å². The number of halogens is 1. The Labute approximate surface area is 130 Å². The molecule has 1 unspecified atom stereocenters. The highest BCUT2D eigenvalue weighted by atomic mass is 35.5. The molecule has 1 N–H and O–H groups in total. The zero-order valence-corrected chi connectivity index (χ0v) is 13.6. The third kappa shape index (κ3) is 5.15. The molecule has 0 aliphatic rings. The Bertz CT molecular complexity index is 515. The second-order valence-corrected chi connectivity index (χ2v) is 5.65. The van der Waals surface area contributed by atoms with Gasteiger partial charge >= 0.3 is 0 Å². The van der Waals surface area contributed by atoms with Crippen LogP contribution in [0.3, 0.4) is 0 Å². The van der Waals surface area contributed by atoms with Gasteiger partial charge in [-0.3, -0.25) is 0 Å². The van der Waals surface area contributed by atoms with E-state index in [1.165, 1.54) is 10.5 Å². The van der Waals surface area contributed by atoms with Crippen molar-refractivity contribution in [1.82, 2.24) is 15.5 Å². The van der Waals surface area contributed by atoms with Crippen LogP contribution in [0, 0.1) is 6.92 Å². The maximum atomic E-state index is 5.25. The molecule has 2 aromatic rings. The molecule has 0 aliphatic carbocycles. The normalized spacial score (nSPS) is 11.9. The van der Waals surface area contributed by atoms with Crippen molar-refractivity contribution in [2.75, 3.05) is 7.05 Å². The van der Waals surface area contributed by atoms with Crippen molar-refractivity contribution in [1.29, 1.82) is 0 Å². The smallest absolute Gasteiger partial charge is 0.237 e. The molecule has 0 fully saturated rings. The van der Waals surface area contributed by atoms with Gasteiger partial charge in [-0.15, -0.1) is 24.2 Å². The summed E-state index contributed by atoms with van der Waals surface area (Å²) in [5, 5.41) is 7.15. The van der Waals surface area contributed by atoms with Crippen LogP contribution in [-0.4, -0.2) is 23.2 Å². The summed E-state index contributed by atoms with van der Waals surface area (Å²) in [6, 6.07) is 8.79. The Kier molecular flexibility index (Phi) is 7.05. The standard InChI is InChI=1S/C14H19N3OS.ClH/c1-10-4-6-12(7-5-10)19-9-14-16-13(17-18-14)8-11(2)15-3;/h4-7,11,15H,8-9H2,1-3H3;1H. The van der Waals surface area contributed by atoms with Gasteiger partial charge in [-0.25, -0.2) is 0 Å². The number of benzene rings is 1. The number of hydrogen-bond donors (Lipinski definition) is 1. The molecule has 110 valence electrons. The molecular weight excluding hydrogens is 294 g/mol. The molecule has 0 saturated heterocycles. The van der Waals surface area contributed by atoms with Crippen LogP contribution in [0.25, 0.3) is 0 Å². The molecule has 20 heavy (non-hydrogen) atoms. The number of likely N-dealkylation sites (N-methyl/N-ethyl adjacent to an activating group) is 1. The molecule has 0 spiro atoms. The van der Waals surface area contributed by atoms with E-state index in [1.54, 1.807) is 11.8 Å². The molecular formula is C14H20ClN3OS. The number of aromatic nitrogens is 2. The maximum Gasteiger partial charge on any atom is 0.237 e. The van der Waals surface area contributed by atoms with Gasteiger partial charge in [-0.2, -0.15) is 4.98 Å². The average molecular weight is 314 g/mol. The van der Waals surface area contributed by atoms with Crippen LogP contribution in [0.2, 0.25) is 0 Å². The third-order valence-electron chi connectivity index (χ3n) is 2.88. The Balaban J connectivity index is 0.00000200. The first kappa shape index (κ1) is 17.0. The monoisotopic (exact) mass is 313 g/mol. The number of nitrogens with zero attached hydrogens (tertiary/aromatic N) is 2. The zero-order chi connectivity index (χ0) is 13.7. The van der Waals surface area contributed by atoms with Crippen molar-refractivity contribution in [2.24, 2.45) is 0 Å². The largest absolute Gasteiger partial charge is 0.338 e. The van der Waals surface area contributed by atoms with Gasteiger partial charge in [0.2, 0.25) is 5.89 Å². The fourth-order valence-corrected chi connectivity index (χ4v) is 2.32. The van der Waals surface area contributed by atoms with Crippen molar-refractivity contribution in [3.05, 3.63) is 41.5 Å². The lowest BCUT2D eigenvalue weighted by Crippen LogP contribution is -2.24. The average Bonchev–Trinajstić information content (AvgIpc) is 2.85. The molecule has 1 atom stereocenters. The van der Waals surface area contributed by atoms with Gasteiger partial charge < -0.3 is 9.84 Å². The molecule has 0 aliphatic heterocycles. The van der Waals surface area contributed by atoms with Crippen LogP contribution in [0.15, 0.2) is 33.7 Å². The molecule has 0 amide bonds. The molecule has 4 nitrogen and oxygen atoms in total. The summed E-state index contributed by atoms with van der Waals surface area (Å²) < 4.78 is 5.25. The fraction of sp³-hybridized carbons (Fsp3) is 0.429. The minimum atomic E-state index is 0. The van der Waals surface area contributed by atoms with E-state index in [4.69, 9.17) is 4.52 Å². The number of hydrogen-bond acceptors (Lipinski definition) is 5. The SMILES string of the molecule is CNC(C)Cc1noc(CSc2ccc(C)cc2)n1.Cl. The van der Waals surface area contributed by atoms with Crippen LogP contribution in [0.4, 0.5) is 0 Å². The lowest BCUT2D eigenvalue weighted by molar-refractivity contribution is 0.382. The second kappa shape index (κ2) is 8.29. The Morgan fingerprint density at radius 3 is 2.65 bits per heavy atom. The third-order valence-corrected chi connectivity index (χ3v) is 3.87. The molecule has 0 saturated carbocycles. The topological polar surface area (TPSA) is 51.0 Å². The van der Waals surface area contributed by atoms with Gasteiger partial charge in [0.05, 0.1) is 5.75 Å². The lowest BCUT2D eigenvalue weighted by Gasteiger charge is -2.04. The summed E-state index contributed by atoms with van der Waals surface area (Å²) in [5.41, 5.74) is 1.27. The van der Waals surface area contributed by atoms with Gasteiger partial charge in [0.15, 0.2) is 5.82 Å². The fourth-order valence-electron chi connectivity index (χ4n) is 1.59. The molecule has 1 heterocycles. The molecule has 6 heteroatoms. The van der Waals surface area contributed by atoms with Crippen molar-refractivity contribution >= 4 is 24.2 Å². The number of rotatable bonds is 6. The maximum absolute atomic E-state index is 5.25. The first-order valence-corrected chi connectivity index (χ1v) is 7.34. The van der Waals surface area contributed by atoms with Gasteiger partial charge in [-0.1, -0.05) is 22.9 Å². The van der Waals surface area contributed by atoms with Gasteiger partial charge in [0.25, 0.3) is 0 Å². The predicted molar refractivity (Wildman–Crippen MR) is 84.5 cm³/mol. The summed E-state index contributed by atoms with van der Waals surface area (Å²) in [6.45, 7) is 4.18. The van der Waals surface area contributed by atoms with E-state index >= 15 is 0 Å². The van der Waals surface area contributed by atoms with Crippen LogP contribution in [-0.2, 0) is 12.2 Å². The first-order chi connectivity index (χ1) is 9.17. The zero-order valence-electron chi connectivity index (χ0n) is 11.9. The number of nitrogens with one attached hydrogen (secondary N) is 1. The van der Waals surface area contributed by atoms with E-state index < -0.39 is 0 Å². The molecule has 0 radical (unpaired) electrons. The molecule has 0 bridgehead atoms. The summed E-state index contributed by atoms with van der Waals surface area (Å²) >= 11 is 1.71. The predicted octanol–water partition coefficient (Wildman–Crippen LogP) is 3.24. The summed E-state index contributed by atoms with van der Waals surface area (Å²) in [4.78, 5) is 5.61. The van der Waals surface area contributed by atoms with E-state index in [0.717, 1.165) is 12.2 Å². The molecule has 1 aromatic carbocycles. The number of thioether (sulfide) groups is 1. The van der Waals surface area contributed by atoms with Gasteiger partial charge in [0.1, 0.15) is 0 Å². The lowest BCUT2D eigenvalue weighted by atomic mass is 10.2. The highest BCUT2D eigenvalue weighted by molar-refractivity contribution is 7.98. The first-order valence-electron chi connectivity index (χ1n) is 6.35. The molecule has 2 rings (SSSR count). The van der Waals surface area contributed by atoms with Crippen LogP contribution in [0.1, 0.15) is 24.2 Å². The summed E-state index contributed by atoms with van der Waals surface area (Å²) in [7, 11) is 1.93. The van der Waals surface area contributed by atoms with E-state index in [9.17, 15) is 0 Å². The van der Waals surface area contributed by atoms with Crippen LogP contribution < -0.4 is 5.32 Å². The van der Waals surface area contributed by atoms with Crippen molar-refractivity contribution in [2.45, 2.75) is 37.0 Å². The Morgan fingerprint density at radius 2 is 2.00 bits per heavy atom. The van der Waals surface area contributed by atoms with Crippen LogP contribution in [0.5, 0.6) is 0 Å².